The SMILES string of the molecule is COc1ccc(C=C/C(O)=C2/C(=O)NC34CCCC3C2c2ccccc2O4)c(OC)c1OC. The van der Waals surface area contributed by atoms with Crippen molar-refractivity contribution in [2.45, 2.75) is 30.9 Å². The third-order valence-corrected chi connectivity index (χ3v) is 6.92. The number of para-hydroxylation sites is 1. The van der Waals surface area contributed by atoms with Gasteiger partial charge in [-0.1, -0.05) is 18.2 Å². The first kappa shape index (κ1) is 21.2. The fourth-order valence-electron chi connectivity index (χ4n) is 5.54. The summed E-state index contributed by atoms with van der Waals surface area (Å²) in [6.07, 6.45) is 5.89. The Hall–Kier alpha value is -3.61. The molecule has 2 fully saturated rings. The number of piperidine rings is 1. The number of allylic oxidation sites excluding steroid dienone is 1. The normalized spacial score (nSPS) is 26.7. The molecular formula is C26H27NO6. The molecule has 7 nitrogen and oxygen atoms in total. The summed E-state index contributed by atoms with van der Waals surface area (Å²) in [7, 11) is 4.63. The van der Waals surface area contributed by atoms with Crippen molar-refractivity contribution in [3.63, 3.8) is 0 Å². The lowest BCUT2D eigenvalue weighted by molar-refractivity contribution is -0.132. The van der Waals surface area contributed by atoms with Gasteiger partial charge in [0, 0.05) is 29.4 Å². The highest BCUT2D eigenvalue weighted by Gasteiger charge is 2.59. The van der Waals surface area contributed by atoms with E-state index in [0.29, 0.717) is 28.4 Å². The molecular weight excluding hydrogens is 422 g/mol. The summed E-state index contributed by atoms with van der Waals surface area (Å²) in [5.41, 5.74) is 1.29. The lowest BCUT2D eigenvalue weighted by atomic mass is 9.70. The van der Waals surface area contributed by atoms with Gasteiger partial charge < -0.3 is 29.4 Å². The smallest absolute Gasteiger partial charge is 0.254 e. The third-order valence-electron chi connectivity index (χ3n) is 6.92. The van der Waals surface area contributed by atoms with Crippen molar-refractivity contribution < 1.29 is 28.8 Å². The van der Waals surface area contributed by atoms with Gasteiger partial charge in [-0.15, -0.1) is 0 Å². The first-order chi connectivity index (χ1) is 16.0. The molecule has 172 valence electrons. The Balaban J connectivity index is 1.59. The molecule has 2 aromatic carbocycles. The molecule has 0 spiro atoms. The van der Waals surface area contributed by atoms with E-state index in [1.807, 2.05) is 24.3 Å². The second-order valence-corrected chi connectivity index (χ2v) is 8.52. The van der Waals surface area contributed by atoms with Gasteiger partial charge in [0.1, 0.15) is 11.5 Å². The van der Waals surface area contributed by atoms with E-state index in [9.17, 15) is 9.90 Å². The number of hydrogen-bond acceptors (Lipinski definition) is 6. The van der Waals surface area contributed by atoms with Crippen LogP contribution in [0.2, 0.25) is 0 Å². The van der Waals surface area contributed by atoms with Gasteiger partial charge in [-0.05, 0) is 43.2 Å². The number of rotatable bonds is 5. The molecule has 1 aliphatic carbocycles. The van der Waals surface area contributed by atoms with Crippen molar-refractivity contribution in [2.75, 3.05) is 21.3 Å². The lowest BCUT2D eigenvalue weighted by Crippen LogP contribution is -2.63. The summed E-state index contributed by atoms with van der Waals surface area (Å²) in [6.45, 7) is 0. The van der Waals surface area contributed by atoms with Gasteiger partial charge in [0.15, 0.2) is 17.2 Å². The predicted octanol–water partition coefficient (Wildman–Crippen LogP) is 4.34. The molecule has 3 unspecified atom stereocenters. The largest absolute Gasteiger partial charge is 0.507 e. The van der Waals surface area contributed by atoms with Gasteiger partial charge in [-0.3, -0.25) is 4.79 Å². The number of nitrogens with one attached hydrogen (secondary N) is 1. The molecule has 2 heterocycles. The minimum Gasteiger partial charge on any atom is -0.507 e. The van der Waals surface area contributed by atoms with Crippen LogP contribution in [0.1, 0.15) is 36.3 Å². The first-order valence-corrected chi connectivity index (χ1v) is 11.0. The number of carbonyl (C=O) groups excluding carboxylic acids is 1. The number of aliphatic hydroxyl groups is 1. The number of hydrogen-bond donors (Lipinski definition) is 2. The Bertz CT molecular complexity index is 1170. The van der Waals surface area contributed by atoms with E-state index < -0.39 is 5.72 Å². The van der Waals surface area contributed by atoms with Crippen LogP contribution in [0, 0.1) is 5.92 Å². The van der Waals surface area contributed by atoms with E-state index in [-0.39, 0.29) is 23.5 Å². The molecule has 1 saturated carbocycles. The van der Waals surface area contributed by atoms with Gasteiger partial charge >= 0.3 is 0 Å². The van der Waals surface area contributed by atoms with Crippen LogP contribution in [0.15, 0.2) is 53.8 Å². The Morgan fingerprint density at radius 3 is 2.67 bits per heavy atom. The molecule has 1 amide bonds. The van der Waals surface area contributed by atoms with Crippen molar-refractivity contribution in [1.82, 2.24) is 5.32 Å². The number of ether oxygens (including phenoxy) is 4. The summed E-state index contributed by atoms with van der Waals surface area (Å²) in [4.78, 5) is 13.2. The van der Waals surface area contributed by atoms with E-state index in [1.54, 1.807) is 38.5 Å². The average molecular weight is 450 g/mol. The molecule has 2 aromatic rings. The molecule has 3 aliphatic rings. The quantitative estimate of drug-likeness (QED) is 0.522. The monoisotopic (exact) mass is 449 g/mol. The first-order valence-electron chi connectivity index (χ1n) is 11.0. The maximum Gasteiger partial charge on any atom is 0.254 e. The van der Waals surface area contributed by atoms with Gasteiger partial charge in [-0.2, -0.15) is 0 Å². The number of fused-ring (bicyclic) bond motifs is 2. The molecule has 2 bridgehead atoms. The fourth-order valence-corrected chi connectivity index (χ4v) is 5.54. The summed E-state index contributed by atoms with van der Waals surface area (Å²) in [5.74, 6) is 1.70. The Morgan fingerprint density at radius 2 is 1.91 bits per heavy atom. The topological polar surface area (TPSA) is 86.3 Å². The van der Waals surface area contributed by atoms with Crippen molar-refractivity contribution in [3.05, 3.63) is 64.9 Å². The molecule has 33 heavy (non-hydrogen) atoms. The predicted molar refractivity (Wildman–Crippen MR) is 123 cm³/mol. The highest BCUT2D eigenvalue weighted by Crippen LogP contribution is 2.57. The van der Waals surface area contributed by atoms with Crippen LogP contribution in [0.4, 0.5) is 0 Å². The zero-order chi connectivity index (χ0) is 23.2. The zero-order valence-electron chi connectivity index (χ0n) is 18.9. The van der Waals surface area contributed by atoms with Crippen LogP contribution in [-0.4, -0.2) is 38.1 Å². The average Bonchev–Trinajstić information content (AvgIpc) is 3.25. The standard InChI is InChI=1S/C26H27NO6/c1-30-20-13-11-15(23(31-2)24(20)32-3)10-12-18(28)22-21-16-7-4-5-9-19(16)33-26(27-25(22)29)14-6-8-17(21)26/h4-5,7,9-13,17,21,28H,6,8,14H2,1-3H3,(H,27,29)/b12-10?,22-18-. The second kappa shape index (κ2) is 8.06. The van der Waals surface area contributed by atoms with Gasteiger partial charge in [0.25, 0.3) is 5.91 Å². The Kier molecular flexibility index (Phi) is 5.19. The van der Waals surface area contributed by atoms with Crippen molar-refractivity contribution in [3.8, 4) is 23.0 Å². The second-order valence-electron chi connectivity index (χ2n) is 8.52. The van der Waals surface area contributed by atoms with Crippen LogP contribution in [-0.2, 0) is 4.79 Å². The Labute approximate surface area is 192 Å². The molecule has 2 aliphatic heterocycles. The van der Waals surface area contributed by atoms with E-state index in [2.05, 4.69) is 5.32 Å². The number of benzene rings is 2. The molecule has 0 radical (unpaired) electrons. The number of carbonyl (C=O) groups is 1. The highest BCUT2D eigenvalue weighted by molar-refractivity contribution is 5.98. The number of aliphatic hydroxyl groups excluding tert-OH is 1. The minimum absolute atomic E-state index is 0.0752. The van der Waals surface area contributed by atoms with E-state index in [0.717, 1.165) is 30.6 Å². The van der Waals surface area contributed by atoms with Crippen LogP contribution in [0.3, 0.4) is 0 Å². The van der Waals surface area contributed by atoms with Gasteiger partial charge in [0.2, 0.25) is 5.75 Å². The van der Waals surface area contributed by atoms with E-state index >= 15 is 0 Å². The summed E-state index contributed by atoms with van der Waals surface area (Å²) >= 11 is 0. The van der Waals surface area contributed by atoms with Crippen LogP contribution >= 0.6 is 0 Å². The maximum atomic E-state index is 13.2. The van der Waals surface area contributed by atoms with Crippen LogP contribution in [0.25, 0.3) is 6.08 Å². The molecule has 5 rings (SSSR count). The molecule has 7 heteroatoms. The lowest BCUT2D eigenvalue weighted by Gasteiger charge is -2.49. The Morgan fingerprint density at radius 1 is 1.12 bits per heavy atom. The van der Waals surface area contributed by atoms with E-state index in [4.69, 9.17) is 18.9 Å². The van der Waals surface area contributed by atoms with Crippen LogP contribution < -0.4 is 24.3 Å². The molecule has 1 saturated heterocycles. The summed E-state index contributed by atoms with van der Waals surface area (Å²) < 4.78 is 22.6. The van der Waals surface area contributed by atoms with Crippen molar-refractivity contribution in [2.24, 2.45) is 5.92 Å². The summed E-state index contributed by atoms with van der Waals surface area (Å²) in [5, 5.41) is 14.2. The third kappa shape index (κ3) is 3.22. The van der Waals surface area contributed by atoms with Crippen molar-refractivity contribution in [1.29, 1.82) is 0 Å². The van der Waals surface area contributed by atoms with Gasteiger partial charge in [-0.25, -0.2) is 0 Å². The van der Waals surface area contributed by atoms with Gasteiger partial charge in [0.05, 0.1) is 26.9 Å². The van der Waals surface area contributed by atoms with Crippen LogP contribution in [0.5, 0.6) is 23.0 Å². The van der Waals surface area contributed by atoms with E-state index in [1.165, 1.54) is 7.11 Å². The highest BCUT2D eigenvalue weighted by atomic mass is 16.5. The van der Waals surface area contributed by atoms with Crippen molar-refractivity contribution >= 4 is 12.0 Å². The molecule has 0 aromatic heterocycles. The fraction of sp³-hybridized carbons (Fsp3) is 0.346. The zero-order valence-corrected chi connectivity index (χ0v) is 18.9. The maximum absolute atomic E-state index is 13.2. The summed E-state index contributed by atoms with van der Waals surface area (Å²) in [6, 6.07) is 11.3. The minimum atomic E-state index is -0.698. The number of methoxy groups -OCH3 is 3. The number of amides is 1. The molecule has 2 N–H and O–H groups in total. The molecule has 3 atom stereocenters.